The minimum atomic E-state index is -0.351. The van der Waals surface area contributed by atoms with Crippen LogP contribution in [0.2, 0.25) is 0 Å². The van der Waals surface area contributed by atoms with Gasteiger partial charge in [-0.2, -0.15) is 0 Å². The maximum atomic E-state index is 12.2. The van der Waals surface area contributed by atoms with Crippen LogP contribution in [-0.2, 0) is 11.2 Å². The molecule has 1 aromatic carbocycles. The number of hydrogen-bond acceptors (Lipinski definition) is 6. The van der Waals surface area contributed by atoms with Crippen LogP contribution in [-0.4, -0.2) is 28.3 Å². The van der Waals surface area contributed by atoms with E-state index < -0.39 is 0 Å². The van der Waals surface area contributed by atoms with Crippen molar-refractivity contribution in [2.45, 2.75) is 13.3 Å². The summed E-state index contributed by atoms with van der Waals surface area (Å²) in [5.74, 6) is 0.341. The molecular weight excluding hydrogens is 298 g/mol. The molecule has 3 rings (SSSR count). The summed E-state index contributed by atoms with van der Waals surface area (Å²) >= 11 is 0. The molecule has 0 saturated carbocycles. The number of methoxy groups -OCH3 is 1. The average Bonchev–Trinajstić information content (AvgIpc) is 2.93. The number of nitrogens with zero attached hydrogens (tertiary/aromatic N) is 2. The number of nitrogens with one attached hydrogen (secondary N) is 1. The van der Waals surface area contributed by atoms with Crippen LogP contribution in [0.5, 0.6) is 11.5 Å². The normalized spacial score (nSPS) is 10.7. The molecule has 0 aliphatic rings. The first-order chi connectivity index (χ1) is 11.1. The van der Waals surface area contributed by atoms with Gasteiger partial charge in [0, 0.05) is 11.1 Å². The van der Waals surface area contributed by atoms with Crippen LogP contribution in [0.15, 0.2) is 34.9 Å². The lowest BCUT2D eigenvalue weighted by atomic mass is 10.1. The third kappa shape index (κ3) is 3.08. The zero-order valence-electron chi connectivity index (χ0n) is 12.7. The van der Waals surface area contributed by atoms with Crippen LogP contribution >= 0.6 is 0 Å². The van der Waals surface area contributed by atoms with E-state index in [1.807, 2.05) is 0 Å². The molecule has 0 aliphatic heterocycles. The first-order valence-electron chi connectivity index (χ1n) is 6.95. The first kappa shape index (κ1) is 14.8. The molecule has 0 fully saturated rings. The first-order valence-corrected chi connectivity index (χ1v) is 6.95. The Morgan fingerprint density at radius 1 is 1.35 bits per heavy atom. The Morgan fingerprint density at radius 3 is 2.96 bits per heavy atom. The number of fused-ring (bicyclic) bond motifs is 1. The monoisotopic (exact) mass is 313 g/mol. The van der Waals surface area contributed by atoms with E-state index in [1.54, 1.807) is 38.3 Å². The van der Waals surface area contributed by atoms with Gasteiger partial charge in [0.15, 0.2) is 17.2 Å². The van der Waals surface area contributed by atoms with Gasteiger partial charge in [0.05, 0.1) is 13.5 Å². The largest absolute Gasteiger partial charge is 0.504 e. The average molecular weight is 313 g/mol. The lowest BCUT2D eigenvalue weighted by Crippen LogP contribution is -2.16. The van der Waals surface area contributed by atoms with Gasteiger partial charge in [-0.05, 0) is 37.3 Å². The van der Waals surface area contributed by atoms with E-state index in [0.29, 0.717) is 28.1 Å². The Bertz CT molecular complexity index is 873. The summed E-state index contributed by atoms with van der Waals surface area (Å²) in [5, 5.41) is 16.9. The van der Waals surface area contributed by atoms with E-state index in [0.717, 1.165) is 0 Å². The molecule has 2 N–H and O–H groups in total. The fourth-order valence-electron chi connectivity index (χ4n) is 2.19. The van der Waals surface area contributed by atoms with E-state index in [-0.39, 0.29) is 23.9 Å². The molecule has 2 aromatic heterocycles. The fourth-order valence-corrected chi connectivity index (χ4v) is 2.19. The summed E-state index contributed by atoms with van der Waals surface area (Å²) in [6, 6.07) is 8.39. The van der Waals surface area contributed by atoms with Crippen molar-refractivity contribution < 1.29 is 19.2 Å². The minimum Gasteiger partial charge on any atom is -0.504 e. The Labute approximate surface area is 131 Å². The molecule has 0 bridgehead atoms. The minimum absolute atomic E-state index is 0.00473. The van der Waals surface area contributed by atoms with Crippen molar-refractivity contribution in [1.82, 2.24) is 10.1 Å². The van der Waals surface area contributed by atoms with E-state index >= 15 is 0 Å². The molecule has 0 saturated heterocycles. The number of carbonyl (C=O) groups excluding carboxylic acids is 1. The molecule has 2 heterocycles. The third-order valence-corrected chi connectivity index (χ3v) is 3.35. The van der Waals surface area contributed by atoms with Crippen molar-refractivity contribution in [3.63, 3.8) is 0 Å². The second-order valence-electron chi connectivity index (χ2n) is 5.04. The van der Waals surface area contributed by atoms with Gasteiger partial charge in [-0.25, -0.2) is 4.98 Å². The highest BCUT2D eigenvalue weighted by Crippen LogP contribution is 2.25. The number of benzene rings is 1. The smallest absolute Gasteiger partial charge is 0.231 e. The predicted octanol–water partition coefficient (Wildman–Crippen LogP) is 2.43. The van der Waals surface area contributed by atoms with Crippen LogP contribution < -0.4 is 10.1 Å². The Hall–Kier alpha value is -3.09. The molecule has 0 unspecified atom stereocenters. The predicted molar refractivity (Wildman–Crippen MR) is 83.5 cm³/mol. The Balaban J connectivity index is 1.81. The quantitative estimate of drug-likeness (QED) is 0.767. The number of ether oxygens (including phenoxy) is 1. The van der Waals surface area contributed by atoms with Crippen LogP contribution in [0, 0.1) is 6.92 Å². The van der Waals surface area contributed by atoms with Crippen molar-refractivity contribution in [3.05, 3.63) is 41.7 Å². The molecule has 0 aliphatic carbocycles. The standard InChI is InChI=1S/C16H15N3O4/c1-9-3-5-13(20)16(17-9)18-15(21)8-12-11-7-10(22-2)4-6-14(11)23-19-12/h3-7,20H,8H2,1-2H3,(H,17,18,21). The number of aromatic nitrogens is 2. The number of pyridine rings is 1. The number of aryl methyl sites for hydroxylation is 1. The summed E-state index contributed by atoms with van der Waals surface area (Å²) in [7, 11) is 1.56. The van der Waals surface area contributed by atoms with Gasteiger partial charge in [0.25, 0.3) is 0 Å². The van der Waals surface area contributed by atoms with Crippen LogP contribution in [0.4, 0.5) is 5.82 Å². The lowest BCUT2D eigenvalue weighted by Gasteiger charge is -2.06. The summed E-state index contributed by atoms with van der Waals surface area (Å²) < 4.78 is 10.4. The SMILES string of the molecule is COc1ccc2onc(CC(=O)Nc3nc(C)ccc3O)c2c1. The van der Waals surface area contributed by atoms with Crippen molar-refractivity contribution in [1.29, 1.82) is 0 Å². The topological polar surface area (TPSA) is 97.5 Å². The van der Waals surface area contributed by atoms with Gasteiger partial charge >= 0.3 is 0 Å². The molecular formula is C16H15N3O4. The van der Waals surface area contributed by atoms with Crippen molar-refractivity contribution >= 4 is 22.7 Å². The molecule has 23 heavy (non-hydrogen) atoms. The molecule has 7 heteroatoms. The maximum absolute atomic E-state index is 12.2. The summed E-state index contributed by atoms with van der Waals surface area (Å²) in [4.78, 5) is 16.3. The number of anilines is 1. The fraction of sp³-hybridized carbons (Fsp3) is 0.188. The van der Waals surface area contributed by atoms with Crippen molar-refractivity contribution in [2.24, 2.45) is 0 Å². The lowest BCUT2D eigenvalue weighted by molar-refractivity contribution is -0.115. The maximum Gasteiger partial charge on any atom is 0.231 e. The molecule has 118 valence electrons. The number of aromatic hydroxyl groups is 1. The summed E-state index contributed by atoms with van der Waals surface area (Å²) in [6.07, 6.45) is -0.00473. The molecule has 1 amide bonds. The number of hydrogen-bond donors (Lipinski definition) is 2. The van der Waals surface area contributed by atoms with Gasteiger partial charge in [-0.15, -0.1) is 0 Å². The number of rotatable bonds is 4. The van der Waals surface area contributed by atoms with Crippen molar-refractivity contribution in [3.8, 4) is 11.5 Å². The molecule has 3 aromatic rings. The molecule has 0 radical (unpaired) electrons. The Kier molecular flexibility index (Phi) is 3.84. The summed E-state index contributed by atoms with van der Waals surface area (Å²) in [5.41, 5.74) is 1.75. The third-order valence-electron chi connectivity index (χ3n) is 3.35. The molecule has 7 nitrogen and oxygen atoms in total. The van der Waals surface area contributed by atoms with Crippen LogP contribution in [0.25, 0.3) is 11.0 Å². The second kappa shape index (κ2) is 5.96. The van der Waals surface area contributed by atoms with E-state index in [9.17, 15) is 9.90 Å². The van der Waals surface area contributed by atoms with Crippen LogP contribution in [0.1, 0.15) is 11.4 Å². The van der Waals surface area contributed by atoms with Gasteiger partial charge in [0.2, 0.25) is 5.91 Å². The van der Waals surface area contributed by atoms with E-state index in [2.05, 4.69) is 15.5 Å². The van der Waals surface area contributed by atoms with Gasteiger partial charge in [0.1, 0.15) is 11.4 Å². The van der Waals surface area contributed by atoms with E-state index in [4.69, 9.17) is 9.26 Å². The van der Waals surface area contributed by atoms with Crippen LogP contribution in [0.3, 0.4) is 0 Å². The highest BCUT2D eigenvalue weighted by atomic mass is 16.5. The molecule has 0 spiro atoms. The van der Waals surface area contributed by atoms with Crippen molar-refractivity contribution in [2.75, 3.05) is 12.4 Å². The van der Waals surface area contributed by atoms with Gasteiger partial charge in [-0.3, -0.25) is 4.79 Å². The zero-order valence-corrected chi connectivity index (χ0v) is 12.7. The second-order valence-corrected chi connectivity index (χ2v) is 5.04. The van der Waals surface area contributed by atoms with Gasteiger partial charge < -0.3 is 19.7 Å². The zero-order chi connectivity index (χ0) is 16.4. The van der Waals surface area contributed by atoms with Gasteiger partial charge in [-0.1, -0.05) is 5.16 Å². The number of carbonyl (C=O) groups is 1. The number of amides is 1. The Morgan fingerprint density at radius 2 is 2.17 bits per heavy atom. The highest BCUT2D eigenvalue weighted by Gasteiger charge is 2.15. The molecule has 0 atom stereocenters. The highest BCUT2D eigenvalue weighted by molar-refractivity contribution is 5.95. The summed E-state index contributed by atoms with van der Waals surface area (Å²) in [6.45, 7) is 1.77. The van der Waals surface area contributed by atoms with E-state index in [1.165, 1.54) is 6.07 Å².